The fourth-order valence-corrected chi connectivity index (χ4v) is 3.15. The first-order chi connectivity index (χ1) is 13.1. The third-order valence-corrected chi connectivity index (χ3v) is 4.48. The first kappa shape index (κ1) is 16.9. The van der Waals surface area contributed by atoms with Crippen molar-refractivity contribution in [3.63, 3.8) is 0 Å². The third-order valence-electron chi connectivity index (χ3n) is 4.48. The van der Waals surface area contributed by atoms with E-state index in [4.69, 9.17) is 5.73 Å². The molecule has 27 heavy (non-hydrogen) atoms. The van der Waals surface area contributed by atoms with E-state index in [9.17, 15) is 9.18 Å². The smallest absolute Gasteiger partial charge is 0.174 e. The van der Waals surface area contributed by atoms with E-state index in [-0.39, 0.29) is 24.4 Å². The van der Waals surface area contributed by atoms with Gasteiger partial charge in [0.05, 0.1) is 0 Å². The molecule has 0 saturated heterocycles. The van der Waals surface area contributed by atoms with Gasteiger partial charge >= 0.3 is 0 Å². The second-order valence-corrected chi connectivity index (χ2v) is 6.37. The van der Waals surface area contributed by atoms with Gasteiger partial charge in [0.25, 0.3) is 0 Å². The molecule has 4 rings (SSSR count). The number of aromatic nitrogens is 3. The van der Waals surface area contributed by atoms with Gasteiger partial charge in [-0.1, -0.05) is 53.7 Å². The number of hydrogen-bond donors (Lipinski definition) is 1. The normalized spacial score (nSPS) is 11.0. The van der Waals surface area contributed by atoms with Crippen molar-refractivity contribution in [3.05, 3.63) is 83.8 Å². The maximum absolute atomic E-state index is 13.7. The van der Waals surface area contributed by atoms with Gasteiger partial charge in [-0.15, -0.1) is 5.10 Å². The first-order valence-corrected chi connectivity index (χ1v) is 8.56. The number of pyridine rings is 1. The molecule has 0 unspecified atom stereocenters. The standard InChI is InChI=1S/C21H17FN4O/c22-19-6-2-1-4-16(19)13-17(27)12-14-7-9-15(10-8-14)18-5-3-11-26-20(18)21(23)24-25-26/h1-11H,12-13,23H2. The van der Waals surface area contributed by atoms with Gasteiger partial charge in [0.15, 0.2) is 5.82 Å². The molecular weight excluding hydrogens is 343 g/mol. The highest BCUT2D eigenvalue weighted by molar-refractivity contribution is 5.87. The summed E-state index contributed by atoms with van der Waals surface area (Å²) in [5.74, 6) is -0.00442. The molecule has 0 aliphatic heterocycles. The molecular formula is C21H17FN4O. The zero-order valence-electron chi connectivity index (χ0n) is 14.5. The molecule has 0 amide bonds. The van der Waals surface area contributed by atoms with Gasteiger partial charge in [0, 0.05) is 24.6 Å². The van der Waals surface area contributed by atoms with E-state index in [0.717, 1.165) is 22.2 Å². The van der Waals surface area contributed by atoms with Gasteiger partial charge in [-0.3, -0.25) is 4.79 Å². The van der Waals surface area contributed by atoms with Crippen LogP contribution in [0.15, 0.2) is 66.9 Å². The van der Waals surface area contributed by atoms with Crippen LogP contribution in [-0.4, -0.2) is 20.6 Å². The highest BCUT2D eigenvalue weighted by Crippen LogP contribution is 2.27. The van der Waals surface area contributed by atoms with E-state index in [2.05, 4.69) is 10.3 Å². The summed E-state index contributed by atoms with van der Waals surface area (Å²) in [6.45, 7) is 0. The highest BCUT2D eigenvalue weighted by Gasteiger charge is 2.11. The average molecular weight is 360 g/mol. The molecule has 2 heterocycles. The molecule has 0 radical (unpaired) electrons. The molecule has 4 aromatic rings. The number of rotatable bonds is 5. The van der Waals surface area contributed by atoms with Crippen molar-refractivity contribution >= 4 is 17.1 Å². The number of nitrogens with two attached hydrogens (primary N) is 1. The minimum absolute atomic E-state index is 0.0285. The Morgan fingerprint density at radius 1 is 1.00 bits per heavy atom. The van der Waals surface area contributed by atoms with Crippen molar-refractivity contribution < 1.29 is 9.18 Å². The molecule has 0 aliphatic carbocycles. The number of fused-ring (bicyclic) bond motifs is 1. The number of carbonyl (C=O) groups excluding carboxylic acids is 1. The van der Waals surface area contributed by atoms with Crippen molar-refractivity contribution in [2.24, 2.45) is 0 Å². The molecule has 2 aromatic heterocycles. The fourth-order valence-electron chi connectivity index (χ4n) is 3.15. The van der Waals surface area contributed by atoms with Crippen LogP contribution in [-0.2, 0) is 17.6 Å². The zero-order chi connectivity index (χ0) is 18.8. The Labute approximate surface area is 155 Å². The molecule has 0 aliphatic rings. The van der Waals surface area contributed by atoms with Crippen LogP contribution >= 0.6 is 0 Å². The van der Waals surface area contributed by atoms with Crippen molar-refractivity contribution in [2.75, 3.05) is 5.73 Å². The number of benzene rings is 2. The molecule has 0 saturated carbocycles. The lowest BCUT2D eigenvalue weighted by Gasteiger charge is -2.07. The lowest BCUT2D eigenvalue weighted by atomic mass is 9.99. The van der Waals surface area contributed by atoms with Crippen molar-refractivity contribution in [1.82, 2.24) is 14.8 Å². The fraction of sp³-hybridized carbons (Fsp3) is 0.0952. The molecule has 134 valence electrons. The van der Waals surface area contributed by atoms with Crippen molar-refractivity contribution in [1.29, 1.82) is 0 Å². The molecule has 6 heteroatoms. The summed E-state index contributed by atoms with van der Waals surface area (Å²) in [5, 5.41) is 7.88. The van der Waals surface area contributed by atoms with Gasteiger partial charge in [-0.2, -0.15) is 0 Å². The summed E-state index contributed by atoms with van der Waals surface area (Å²) < 4.78 is 15.3. The van der Waals surface area contributed by atoms with E-state index in [1.165, 1.54) is 6.07 Å². The Kier molecular flexibility index (Phi) is 4.38. The van der Waals surface area contributed by atoms with E-state index in [1.54, 1.807) is 28.9 Å². The number of nitrogens with zero attached hydrogens (tertiary/aromatic N) is 3. The maximum Gasteiger partial charge on any atom is 0.174 e. The Balaban J connectivity index is 1.53. The number of ketones is 1. The largest absolute Gasteiger partial charge is 0.380 e. The van der Waals surface area contributed by atoms with Crippen LogP contribution in [0, 0.1) is 5.82 Å². The number of nitrogen functional groups attached to an aromatic ring is 1. The van der Waals surface area contributed by atoms with Gasteiger partial charge < -0.3 is 5.73 Å². The van der Waals surface area contributed by atoms with Gasteiger partial charge in [-0.05, 0) is 28.8 Å². The lowest BCUT2D eigenvalue weighted by molar-refractivity contribution is -0.117. The second kappa shape index (κ2) is 6.99. The van der Waals surface area contributed by atoms with Crippen LogP contribution in [0.3, 0.4) is 0 Å². The summed E-state index contributed by atoms with van der Waals surface area (Å²) in [7, 11) is 0. The number of carbonyl (C=O) groups is 1. The van der Waals surface area contributed by atoms with Gasteiger partial charge in [0.2, 0.25) is 0 Å². The highest BCUT2D eigenvalue weighted by atomic mass is 19.1. The minimum Gasteiger partial charge on any atom is -0.380 e. The minimum atomic E-state index is -0.346. The van der Waals surface area contributed by atoms with Crippen LogP contribution in [0.25, 0.3) is 16.6 Å². The third kappa shape index (κ3) is 3.42. The Hall–Kier alpha value is -3.54. The van der Waals surface area contributed by atoms with E-state index < -0.39 is 0 Å². The van der Waals surface area contributed by atoms with Crippen molar-refractivity contribution in [2.45, 2.75) is 12.8 Å². The van der Waals surface area contributed by atoms with Crippen LogP contribution in [0.2, 0.25) is 0 Å². The Morgan fingerprint density at radius 3 is 2.56 bits per heavy atom. The number of halogens is 1. The predicted molar refractivity (Wildman–Crippen MR) is 102 cm³/mol. The number of anilines is 1. The topological polar surface area (TPSA) is 73.3 Å². The SMILES string of the molecule is Nc1nnn2cccc(-c3ccc(CC(=O)Cc4ccccc4F)cc3)c12. The Morgan fingerprint density at radius 2 is 1.78 bits per heavy atom. The van der Waals surface area contributed by atoms with E-state index >= 15 is 0 Å². The van der Waals surface area contributed by atoms with Crippen LogP contribution in [0.4, 0.5) is 10.2 Å². The van der Waals surface area contributed by atoms with E-state index in [1.807, 2.05) is 36.4 Å². The second-order valence-electron chi connectivity index (χ2n) is 6.37. The molecule has 2 aromatic carbocycles. The van der Waals surface area contributed by atoms with Crippen LogP contribution in [0.5, 0.6) is 0 Å². The Bertz CT molecular complexity index is 1120. The molecule has 0 fully saturated rings. The summed E-state index contributed by atoms with van der Waals surface area (Å²) in [4.78, 5) is 12.3. The first-order valence-electron chi connectivity index (χ1n) is 8.56. The van der Waals surface area contributed by atoms with Crippen LogP contribution < -0.4 is 5.73 Å². The van der Waals surface area contributed by atoms with Crippen LogP contribution in [0.1, 0.15) is 11.1 Å². The van der Waals surface area contributed by atoms with Gasteiger partial charge in [0.1, 0.15) is 17.1 Å². The molecule has 5 nitrogen and oxygen atoms in total. The molecule has 0 bridgehead atoms. The summed E-state index contributed by atoms with van der Waals surface area (Å²) in [6.07, 6.45) is 2.14. The average Bonchev–Trinajstić information content (AvgIpc) is 3.06. The zero-order valence-corrected chi connectivity index (χ0v) is 14.5. The molecule has 0 atom stereocenters. The summed E-state index contributed by atoms with van der Waals surface area (Å²) in [5.41, 5.74) is 9.86. The predicted octanol–water partition coefficient (Wildman–Crippen LogP) is 3.47. The number of Topliss-reactive ketones (excluding diaryl/α,β-unsaturated/α-hetero) is 1. The lowest BCUT2D eigenvalue weighted by Crippen LogP contribution is -2.07. The quantitative estimate of drug-likeness (QED) is 0.591. The monoisotopic (exact) mass is 360 g/mol. The van der Waals surface area contributed by atoms with Crippen molar-refractivity contribution in [3.8, 4) is 11.1 Å². The summed E-state index contributed by atoms with van der Waals surface area (Å²) >= 11 is 0. The van der Waals surface area contributed by atoms with Gasteiger partial charge in [-0.25, -0.2) is 8.91 Å². The summed E-state index contributed by atoms with van der Waals surface area (Å²) in [6, 6.07) is 17.9. The molecule has 2 N–H and O–H groups in total. The molecule has 0 spiro atoms. The number of hydrogen-bond acceptors (Lipinski definition) is 4. The maximum atomic E-state index is 13.7. The van der Waals surface area contributed by atoms with E-state index in [0.29, 0.717) is 11.4 Å².